The minimum absolute atomic E-state index is 0.0219. The number of hydrogen-bond donors (Lipinski definition) is 3. The molecule has 4 aromatic rings. The van der Waals surface area contributed by atoms with Crippen LogP contribution in [0.25, 0.3) is 11.1 Å². The Kier molecular flexibility index (Phi) is 16.8. The van der Waals surface area contributed by atoms with Crippen molar-refractivity contribution < 1.29 is 37.8 Å². The molecular formula is C55H66ClFN6O7. The number of amides is 6. The number of piperidine rings is 2. The maximum atomic E-state index is 16.0. The van der Waals surface area contributed by atoms with Crippen LogP contribution >= 0.6 is 11.6 Å². The topological polar surface area (TPSA) is 164 Å². The third kappa shape index (κ3) is 12.1. The van der Waals surface area contributed by atoms with E-state index in [9.17, 15) is 24.0 Å². The zero-order valence-corrected chi connectivity index (χ0v) is 41.1. The number of ether oxygens (including phenoxy) is 2. The highest BCUT2D eigenvalue weighted by atomic mass is 35.5. The van der Waals surface area contributed by atoms with Crippen molar-refractivity contribution in [3.05, 3.63) is 112 Å². The van der Waals surface area contributed by atoms with E-state index in [4.69, 9.17) is 26.8 Å². The predicted octanol–water partition coefficient (Wildman–Crippen LogP) is 9.02. The molecule has 4 N–H and O–H groups in total. The molecule has 3 aliphatic heterocycles. The molecule has 372 valence electrons. The second-order valence-corrected chi connectivity index (χ2v) is 19.8. The molecule has 4 aromatic carbocycles. The summed E-state index contributed by atoms with van der Waals surface area (Å²) in [6, 6.07) is 23.7. The van der Waals surface area contributed by atoms with Gasteiger partial charge in [0.2, 0.25) is 17.7 Å². The molecule has 6 amide bonds. The van der Waals surface area contributed by atoms with Crippen molar-refractivity contribution in [3.63, 3.8) is 0 Å². The molecule has 4 fully saturated rings. The Morgan fingerprint density at radius 2 is 1.50 bits per heavy atom. The standard InChI is InChI=1S/C55H66ClFN6O7/c1-3-69-48-20-18-43(53(58)66)51(52(48)57)44-31-40(14-19-46(44)56)45(38-7-5-4-6-8-38)33-59-41-15-12-39(13-16-41)54(67)62-28-23-37(24-29-62)11-10-36-21-26-61(27-22-36)50(65)34-70-42-17-9-35(2)47(32-42)63-30-25-49(64)60-55(63)68/h4-9,14,17-20,31-32,36-37,39,41,45,59H,3,10-13,15-16,21-30,33-34H2,1-2H3,(H2,58,66)(H,60,64,68). The number of urea groups is 1. The third-order valence-corrected chi connectivity index (χ3v) is 15.3. The smallest absolute Gasteiger partial charge is 0.328 e. The molecule has 3 heterocycles. The normalized spacial score (nSPS) is 19.7. The summed E-state index contributed by atoms with van der Waals surface area (Å²) in [7, 11) is 0. The molecule has 8 rings (SSSR count). The highest BCUT2D eigenvalue weighted by molar-refractivity contribution is 6.33. The average molecular weight is 978 g/mol. The van der Waals surface area contributed by atoms with Gasteiger partial charge in [0.25, 0.3) is 5.91 Å². The quantitative estimate of drug-likeness (QED) is 0.0944. The van der Waals surface area contributed by atoms with Gasteiger partial charge in [-0.2, -0.15) is 0 Å². The van der Waals surface area contributed by atoms with E-state index in [1.807, 2.05) is 48.2 Å². The van der Waals surface area contributed by atoms with Gasteiger partial charge in [0.15, 0.2) is 18.2 Å². The van der Waals surface area contributed by atoms with Crippen molar-refractivity contribution >= 4 is 46.9 Å². The lowest BCUT2D eigenvalue weighted by Gasteiger charge is -2.37. The molecule has 1 saturated carbocycles. The van der Waals surface area contributed by atoms with Crippen LogP contribution in [-0.2, 0) is 14.4 Å². The van der Waals surface area contributed by atoms with Crippen molar-refractivity contribution in [2.45, 2.75) is 96.4 Å². The molecule has 4 aliphatic rings. The lowest BCUT2D eigenvalue weighted by atomic mass is 9.82. The van der Waals surface area contributed by atoms with Crippen molar-refractivity contribution in [1.29, 1.82) is 0 Å². The number of halogens is 2. The molecule has 0 radical (unpaired) electrons. The molecule has 0 aromatic heterocycles. The maximum absolute atomic E-state index is 16.0. The van der Waals surface area contributed by atoms with Crippen molar-refractivity contribution in [3.8, 4) is 22.6 Å². The summed E-state index contributed by atoms with van der Waals surface area (Å²) in [4.78, 5) is 69.0. The summed E-state index contributed by atoms with van der Waals surface area (Å²) in [6.07, 6.45) is 9.98. The summed E-state index contributed by atoms with van der Waals surface area (Å²) in [6.45, 7) is 7.79. The van der Waals surface area contributed by atoms with Crippen LogP contribution in [0.5, 0.6) is 11.5 Å². The number of likely N-dealkylation sites (tertiary alicyclic amines) is 2. The summed E-state index contributed by atoms with van der Waals surface area (Å²) in [5.74, 6) is 0.140. The van der Waals surface area contributed by atoms with E-state index in [0.29, 0.717) is 65.9 Å². The Labute approximate surface area is 415 Å². The van der Waals surface area contributed by atoms with Crippen LogP contribution in [0.1, 0.15) is 111 Å². The van der Waals surface area contributed by atoms with Gasteiger partial charge in [-0.3, -0.25) is 29.4 Å². The van der Waals surface area contributed by atoms with Crippen LogP contribution in [0, 0.1) is 30.5 Å². The van der Waals surface area contributed by atoms with Gasteiger partial charge in [-0.05, 0) is 124 Å². The molecule has 1 aliphatic carbocycles. The molecule has 0 bridgehead atoms. The number of carbonyl (C=O) groups is 5. The first-order valence-electron chi connectivity index (χ1n) is 25.1. The number of benzene rings is 4. The SMILES string of the molecule is CCOc1ccc(C(N)=O)c(-c2cc(C(CNC3CCC(C(=O)N4CCC(CCC5CCN(C(=O)COc6ccc(C)c(N7CCC(=O)NC7=O)c6)CC5)CC4)CC3)c3ccccc3)ccc2Cl)c1F. The molecule has 15 heteroatoms. The van der Waals surface area contributed by atoms with E-state index >= 15 is 4.39 Å². The Hall–Kier alpha value is -5.99. The predicted molar refractivity (Wildman–Crippen MR) is 269 cm³/mol. The highest BCUT2D eigenvalue weighted by Gasteiger charge is 2.33. The summed E-state index contributed by atoms with van der Waals surface area (Å²) < 4.78 is 27.4. The Bertz CT molecular complexity index is 2520. The molecule has 1 unspecified atom stereocenters. The van der Waals surface area contributed by atoms with Gasteiger partial charge in [0.1, 0.15) is 5.75 Å². The Morgan fingerprint density at radius 1 is 0.814 bits per heavy atom. The first-order valence-corrected chi connectivity index (χ1v) is 25.5. The number of nitrogens with zero attached hydrogens (tertiary/aromatic N) is 3. The van der Waals surface area contributed by atoms with E-state index in [0.717, 1.165) is 94.0 Å². The van der Waals surface area contributed by atoms with E-state index in [1.165, 1.54) is 17.0 Å². The van der Waals surface area contributed by atoms with Crippen LogP contribution < -0.4 is 30.7 Å². The van der Waals surface area contributed by atoms with Crippen molar-refractivity contribution in [1.82, 2.24) is 20.4 Å². The van der Waals surface area contributed by atoms with Gasteiger partial charge < -0.3 is 30.3 Å². The van der Waals surface area contributed by atoms with Gasteiger partial charge in [0.05, 0.1) is 17.9 Å². The minimum atomic E-state index is -0.760. The van der Waals surface area contributed by atoms with Crippen LogP contribution in [0.3, 0.4) is 0 Å². The van der Waals surface area contributed by atoms with Gasteiger partial charge in [-0.1, -0.05) is 66.9 Å². The second kappa shape index (κ2) is 23.3. The number of rotatable bonds is 17. The summed E-state index contributed by atoms with van der Waals surface area (Å²) >= 11 is 6.73. The first kappa shape index (κ1) is 50.4. The molecule has 13 nitrogen and oxygen atoms in total. The number of nitrogens with one attached hydrogen (secondary N) is 2. The zero-order valence-electron chi connectivity index (χ0n) is 40.4. The number of hydrogen-bond acceptors (Lipinski definition) is 8. The fraction of sp³-hybridized carbons (Fsp3) is 0.473. The fourth-order valence-electron chi connectivity index (χ4n) is 10.8. The largest absolute Gasteiger partial charge is 0.491 e. The molecular weight excluding hydrogens is 911 g/mol. The lowest BCUT2D eigenvalue weighted by Crippen LogP contribution is -2.49. The highest BCUT2D eigenvalue weighted by Crippen LogP contribution is 2.40. The third-order valence-electron chi connectivity index (χ3n) is 15.0. The van der Waals surface area contributed by atoms with Gasteiger partial charge in [-0.25, -0.2) is 9.18 Å². The van der Waals surface area contributed by atoms with Gasteiger partial charge >= 0.3 is 6.03 Å². The minimum Gasteiger partial charge on any atom is -0.491 e. The van der Waals surface area contributed by atoms with E-state index in [-0.39, 0.29) is 66.2 Å². The number of nitrogens with two attached hydrogens (primary N) is 1. The monoisotopic (exact) mass is 976 g/mol. The molecule has 70 heavy (non-hydrogen) atoms. The summed E-state index contributed by atoms with van der Waals surface area (Å²) in [5.41, 5.74) is 9.67. The van der Waals surface area contributed by atoms with Crippen molar-refractivity contribution in [2.24, 2.45) is 23.5 Å². The van der Waals surface area contributed by atoms with E-state index in [2.05, 4.69) is 27.7 Å². The van der Waals surface area contributed by atoms with Gasteiger partial charge in [0, 0.05) is 85.8 Å². The Balaban J connectivity index is 0.763. The number of anilines is 1. The zero-order chi connectivity index (χ0) is 49.3. The fourth-order valence-corrected chi connectivity index (χ4v) is 11.0. The van der Waals surface area contributed by atoms with Crippen molar-refractivity contribution in [2.75, 3.05) is 57.4 Å². The van der Waals surface area contributed by atoms with E-state index in [1.54, 1.807) is 25.1 Å². The van der Waals surface area contributed by atoms with E-state index < -0.39 is 17.8 Å². The molecule has 0 spiro atoms. The Morgan fingerprint density at radius 3 is 2.16 bits per heavy atom. The van der Waals surface area contributed by atoms with Crippen LogP contribution in [0.4, 0.5) is 14.9 Å². The average Bonchev–Trinajstić information content (AvgIpc) is 3.37. The number of primary amides is 1. The van der Waals surface area contributed by atoms with Gasteiger partial charge in [-0.15, -0.1) is 0 Å². The van der Waals surface area contributed by atoms with Crippen LogP contribution in [-0.4, -0.2) is 98.0 Å². The lowest BCUT2D eigenvalue weighted by molar-refractivity contribution is -0.138. The number of imide groups is 1. The maximum Gasteiger partial charge on any atom is 0.328 e. The second-order valence-electron chi connectivity index (χ2n) is 19.4. The first-order chi connectivity index (χ1) is 33.9. The molecule has 1 atom stereocenters. The molecule has 3 saturated heterocycles. The van der Waals surface area contributed by atoms with Crippen LogP contribution in [0.15, 0.2) is 78.9 Å². The number of aryl methyl sites for hydroxylation is 1. The number of carbonyl (C=O) groups excluding carboxylic acids is 5. The summed E-state index contributed by atoms with van der Waals surface area (Å²) in [5, 5.41) is 6.46. The van der Waals surface area contributed by atoms with Crippen LogP contribution in [0.2, 0.25) is 5.02 Å².